The summed E-state index contributed by atoms with van der Waals surface area (Å²) >= 11 is 3.35. The molecule has 2 N–H and O–H groups in total. The molecule has 3 nitrogen and oxygen atoms in total. The number of rotatable bonds is 2. The number of benzene rings is 1. The van der Waals surface area contributed by atoms with Crippen LogP contribution < -0.4 is 4.74 Å². The van der Waals surface area contributed by atoms with E-state index in [0.29, 0.717) is 11.3 Å². The minimum Gasteiger partial charge on any atom is -0.504 e. The Kier molecular flexibility index (Phi) is 2.43. The van der Waals surface area contributed by atoms with E-state index < -0.39 is 5.60 Å². The first-order valence-corrected chi connectivity index (χ1v) is 5.58. The second kappa shape index (κ2) is 3.39. The molecule has 1 aliphatic carbocycles. The monoisotopic (exact) mass is 272 g/mol. The number of aliphatic hydroxyl groups is 1. The molecule has 0 bridgehead atoms. The average Bonchev–Trinajstić information content (AvgIpc) is 2.90. The predicted molar refractivity (Wildman–Crippen MR) is 60.2 cm³/mol. The van der Waals surface area contributed by atoms with Gasteiger partial charge in [-0.2, -0.15) is 0 Å². The van der Waals surface area contributed by atoms with Gasteiger partial charge in [-0.1, -0.05) is 15.9 Å². The molecule has 0 atom stereocenters. The van der Waals surface area contributed by atoms with Crippen molar-refractivity contribution in [3.63, 3.8) is 0 Å². The highest BCUT2D eigenvalue weighted by Gasteiger charge is 2.46. The van der Waals surface area contributed by atoms with Gasteiger partial charge in [0.05, 0.1) is 12.7 Å². The Hall–Kier alpha value is -0.740. The molecule has 4 heteroatoms. The van der Waals surface area contributed by atoms with Gasteiger partial charge in [0.2, 0.25) is 0 Å². The number of halogens is 1. The van der Waals surface area contributed by atoms with Crippen LogP contribution in [0, 0.1) is 6.92 Å². The van der Waals surface area contributed by atoms with E-state index in [-0.39, 0.29) is 5.75 Å². The Balaban J connectivity index is 2.68. The van der Waals surface area contributed by atoms with Crippen molar-refractivity contribution in [1.29, 1.82) is 0 Å². The van der Waals surface area contributed by atoms with Gasteiger partial charge in [0.25, 0.3) is 0 Å². The summed E-state index contributed by atoms with van der Waals surface area (Å²) in [7, 11) is 1.50. The molecule has 0 radical (unpaired) electrons. The van der Waals surface area contributed by atoms with Crippen LogP contribution in [0.5, 0.6) is 11.5 Å². The summed E-state index contributed by atoms with van der Waals surface area (Å²) in [6.07, 6.45) is 1.44. The van der Waals surface area contributed by atoms with Crippen LogP contribution in [0.3, 0.4) is 0 Å². The zero-order valence-electron chi connectivity index (χ0n) is 8.67. The quantitative estimate of drug-likeness (QED) is 0.870. The van der Waals surface area contributed by atoms with Crippen LogP contribution in [0.1, 0.15) is 24.0 Å². The number of hydrogen-bond acceptors (Lipinski definition) is 3. The minimum atomic E-state index is -0.809. The summed E-state index contributed by atoms with van der Waals surface area (Å²) in [4.78, 5) is 0. The molecule has 0 unspecified atom stereocenters. The lowest BCUT2D eigenvalue weighted by Crippen LogP contribution is -2.09. The van der Waals surface area contributed by atoms with Crippen LogP contribution in [-0.4, -0.2) is 17.3 Å². The summed E-state index contributed by atoms with van der Waals surface area (Å²) in [6, 6.07) is 1.59. The van der Waals surface area contributed by atoms with Crippen molar-refractivity contribution in [2.75, 3.05) is 7.11 Å². The van der Waals surface area contributed by atoms with E-state index in [9.17, 15) is 10.2 Å². The van der Waals surface area contributed by atoms with Crippen molar-refractivity contribution >= 4 is 15.9 Å². The molecule has 82 valence electrons. The molecular weight excluding hydrogens is 260 g/mol. The molecule has 0 heterocycles. The van der Waals surface area contributed by atoms with Gasteiger partial charge < -0.3 is 14.9 Å². The molecule has 1 aromatic carbocycles. The molecule has 1 fully saturated rings. The van der Waals surface area contributed by atoms with Gasteiger partial charge in [0, 0.05) is 10.0 Å². The van der Waals surface area contributed by atoms with E-state index in [1.54, 1.807) is 6.07 Å². The molecule has 0 aromatic heterocycles. The van der Waals surface area contributed by atoms with Gasteiger partial charge in [0.15, 0.2) is 11.5 Å². The first-order chi connectivity index (χ1) is 6.99. The zero-order valence-corrected chi connectivity index (χ0v) is 10.3. The topological polar surface area (TPSA) is 49.7 Å². The number of ether oxygens (including phenoxy) is 1. The van der Waals surface area contributed by atoms with E-state index in [1.165, 1.54) is 7.11 Å². The Labute approximate surface area is 96.8 Å². The van der Waals surface area contributed by atoms with Crippen LogP contribution in [0.2, 0.25) is 0 Å². The Morgan fingerprint density at radius 1 is 1.47 bits per heavy atom. The highest BCUT2D eigenvalue weighted by atomic mass is 79.9. The maximum absolute atomic E-state index is 10.1. The van der Waals surface area contributed by atoms with E-state index >= 15 is 0 Å². The number of phenols is 1. The molecule has 1 aromatic rings. The van der Waals surface area contributed by atoms with Crippen molar-refractivity contribution in [2.24, 2.45) is 0 Å². The zero-order chi connectivity index (χ0) is 11.2. The number of aromatic hydroxyl groups is 1. The summed E-state index contributed by atoms with van der Waals surface area (Å²) < 4.78 is 5.94. The lowest BCUT2D eigenvalue weighted by atomic mass is 10.00. The van der Waals surface area contributed by atoms with Crippen molar-refractivity contribution < 1.29 is 14.9 Å². The molecule has 15 heavy (non-hydrogen) atoms. The maximum Gasteiger partial charge on any atom is 0.166 e. The van der Waals surface area contributed by atoms with Crippen molar-refractivity contribution in [1.82, 2.24) is 0 Å². The van der Waals surface area contributed by atoms with Crippen LogP contribution in [-0.2, 0) is 5.60 Å². The second-order valence-corrected chi connectivity index (χ2v) is 4.80. The largest absolute Gasteiger partial charge is 0.504 e. The highest BCUT2D eigenvalue weighted by molar-refractivity contribution is 9.10. The third kappa shape index (κ3) is 1.62. The van der Waals surface area contributed by atoms with Gasteiger partial charge in [0.1, 0.15) is 0 Å². The normalized spacial score (nSPS) is 17.6. The average molecular weight is 273 g/mol. The SMILES string of the molecule is COc1c(O)cc(Br)c(C)c1C1(O)CC1. The Morgan fingerprint density at radius 3 is 2.53 bits per heavy atom. The van der Waals surface area contributed by atoms with Crippen molar-refractivity contribution in [3.05, 3.63) is 21.7 Å². The van der Waals surface area contributed by atoms with E-state index in [2.05, 4.69) is 15.9 Å². The van der Waals surface area contributed by atoms with Crippen LogP contribution in [0.4, 0.5) is 0 Å². The summed E-state index contributed by atoms with van der Waals surface area (Å²) in [5.41, 5.74) is 0.818. The second-order valence-electron chi connectivity index (χ2n) is 3.94. The van der Waals surface area contributed by atoms with Gasteiger partial charge in [-0.25, -0.2) is 0 Å². The summed E-state index contributed by atoms with van der Waals surface area (Å²) in [6.45, 7) is 1.90. The van der Waals surface area contributed by atoms with Gasteiger partial charge in [-0.3, -0.25) is 0 Å². The van der Waals surface area contributed by atoms with Crippen LogP contribution in [0.25, 0.3) is 0 Å². The fourth-order valence-electron chi connectivity index (χ4n) is 1.85. The molecule has 2 rings (SSSR count). The molecule has 1 saturated carbocycles. The van der Waals surface area contributed by atoms with E-state index in [1.807, 2.05) is 6.92 Å². The fraction of sp³-hybridized carbons (Fsp3) is 0.455. The smallest absolute Gasteiger partial charge is 0.166 e. The Bertz CT molecular complexity index is 411. The lowest BCUT2D eigenvalue weighted by molar-refractivity contribution is 0.145. The molecular formula is C11H13BrO3. The molecule has 1 aliphatic rings. The molecule has 0 spiro atoms. The van der Waals surface area contributed by atoms with Gasteiger partial charge in [-0.15, -0.1) is 0 Å². The first kappa shape index (κ1) is 10.8. The molecule has 0 amide bonds. The molecule has 0 aliphatic heterocycles. The number of hydrogen-bond donors (Lipinski definition) is 2. The standard InChI is InChI=1S/C11H13BrO3/c1-6-7(12)5-8(13)10(15-2)9(6)11(14)3-4-11/h5,13-14H,3-4H2,1-2H3. The molecule has 0 saturated heterocycles. The number of methoxy groups -OCH3 is 1. The van der Waals surface area contributed by atoms with Crippen molar-refractivity contribution in [3.8, 4) is 11.5 Å². The lowest BCUT2D eigenvalue weighted by Gasteiger charge is -2.18. The maximum atomic E-state index is 10.1. The van der Waals surface area contributed by atoms with E-state index in [0.717, 1.165) is 22.9 Å². The third-order valence-electron chi connectivity index (χ3n) is 2.85. The van der Waals surface area contributed by atoms with Crippen molar-refractivity contribution in [2.45, 2.75) is 25.4 Å². The van der Waals surface area contributed by atoms with Gasteiger partial charge in [-0.05, 0) is 31.4 Å². The first-order valence-electron chi connectivity index (χ1n) is 4.78. The minimum absolute atomic E-state index is 0.0605. The van der Waals surface area contributed by atoms with Gasteiger partial charge >= 0.3 is 0 Å². The third-order valence-corrected chi connectivity index (χ3v) is 3.67. The Morgan fingerprint density at radius 2 is 2.07 bits per heavy atom. The highest BCUT2D eigenvalue weighted by Crippen LogP contribution is 2.53. The number of phenolic OH excluding ortho intramolecular Hbond substituents is 1. The van der Waals surface area contributed by atoms with Crippen LogP contribution in [0.15, 0.2) is 10.5 Å². The summed E-state index contributed by atoms with van der Waals surface area (Å²) in [5, 5.41) is 19.9. The summed E-state index contributed by atoms with van der Waals surface area (Å²) in [5.74, 6) is 0.445. The van der Waals surface area contributed by atoms with Crippen LogP contribution >= 0.6 is 15.9 Å². The predicted octanol–water partition coefficient (Wildman–Crippen LogP) is 2.45. The van der Waals surface area contributed by atoms with E-state index in [4.69, 9.17) is 4.74 Å². The fourth-order valence-corrected chi connectivity index (χ4v) is 2.26.